The van der Waals surface area contributed by atoms with Gasteiger partial charge in [-0.3, -0.25) is 9.59 Å². The van der Waals surface area contributed by atoms with Gasteiger partial charge in [0.15, 0.2) is 6.61 Å². The zero-order valence-corrected chi connectivity index (χ0v) is 16.4. The fourth-order valence-electron chi connectivity index (χ4n) is 4.16. The van der Waals surface area contributed by atoms with Crippen molar-refractivity contribution in [3.05, 3.63) is 30.1 Å². The van der Waals surface area contributed by atoms with Gasteiger partial charge in [0.25, 0.3) is 5.91 Å². The van der Waals surface area contributed by atoms with Gasteiger partial charge in [0.1, 0.15) is 11.6 Å². The average molecular weight is 391 g/mol. The molecular weight excluding hydrogens is 361 g/mol. The molecule has 0 aromatic heterocycles. The molecule has 2 N–H and O–H groups in total. The minimum Gasteiger partial charge on any atom is -0.484 e. The number of nitrogens with two attached hydrogens (primary N) is 1. The Morgan fingerprint density at radius 2 is 1.54 bits per heavy atom. The van der Waals surface area contributed by atoms with Crippen LogP contribution >= 0.6 is 0 Å². The monoisotopic (exact) mass is 391 g/mol. The summed E-state index contributed by atoms with van der Waals surface area (Å²) >= 11 is 0. The Morgan fingerprint density at radius 1 is 0.964 bits per heavy atom. The second-order valence-corrected chi connectivity index (χ2v) is 7.95. The van der Waals surface area contributed by atoms with Crippen LogP contribution in [0, 0.1) is 11.2 Å². The van der Waals surface area contributed by atoms with Crippen LogP contribution < -0.4 is 10.5 Å². The zero-order valence-electron chi connectivity index (χ0n) is 16.4. The first kappa shape index (κ1) is 20.6. The molecule has 1 saturated heterocycles. The predicted octanol–water partition coefficient (Wildman–Crippen LogP) is 2.17. The molecule has 6 nitrogen and oxygen atoms in total. The largest absolute Gasteiger partial charge is 0.484 e. The second kappa shape index (κ2) is 9.37. The van der Waals surface area contributed by atoms with E-state index >= 15 is 0 Å². The Morgan fingerprint density at radius 3 is 2.11 bits per heavy atom. The van der Waals surface area contributed by atoms with E-state index in [9.17, 15) is 14.0 Å². The van der Waals surface area contributed by atoms with Crippen molar-refractivity contribution in [1.82, 2.24) is 9.80 Å². The minimum absolute atomic E-state index is 0.0364. The molecule has 0 atom stereocenters. The molecule has 1 aromatic carbocycles. The Bertz CT molecular complexity index is 666. The molecule has 1 heterocycles. The highest BCUT2D eigenvalue weighted by molar-refractivity contribution is 5.79. The first-order valence-electron chi connectivity index (χ1n) is 10.2. The van der Waals surface area contributed by atoms with E-state index in [1.165, 1.54) is 30.7 Å². The molecule has 2 fully saturated rings. The number of hydrogen-bond acceptors (Lipinski definition) is 4. The van der Waals surface area contributed by atoms with Crippen molar-refractivity contribution in [1.29, 1.82) is 0 Å². The fraction of sp³-hybridized carbons (Fsp3) is 0.619. The number of benzene rings is 1. The van der Waals surface area contributed by atoms with Gasteiger partial charge in [-0.25, -0.2) is 4.39 Å². The van der Waals surface area contributed by atoms with Gasteiger partial charge in [0, 0.05) is 32.6 Å². The van der Waals surface area contributed by atoms with E-state index in [2.05, 4.69) is 0 Å². The Hall–Kier alpha value is -2.15. The van der Waals surface area contributed by atoms with Gasteiger partial charge < -0.3 is 20.3 Å². The molecule has 1 aliphatic heterocycles. The highest BCUT2D eigenvalue weighted by atomic mass is 19.1. The van der Waals surface area contributed by atoms with Gasteiger partial charge in [-0.05, 0) is 49.1 Å². The number of carbonyl (C=O) groups excluding carboxylic acids is 2. The van der Waals surface area contributed by atoms with Crippen molar-refractivity contribution in [2.45, 2.75) is 38.5 Å². The molecule has 1 aliphatic carbocycles. The number of halogens is 1. The van der Waals surface area contributed by atoms with E-state index in [1.807, 2.05) is 4.90 Å². The van der Waals surface area contributed by atoms with Crippen LogP contribution in [0.1, 0.15) is 38.5 Å². The Kier molecular flexibility index (Phi) is 6.88. The van der Waals surface area contributed by atoms with E-state index < -0.39 is 0 Å². The molecule has 3 rings (SSSR count). The van der Waals surface area contributed by atoms with E-state index in [-0.39, 0.29) is 29.7 Å². The number of carbonyl (C=O) groups is 2. The molecule has 154 valence electrons. The topological polar surface area (TPSA) is 75.9 Å². The third kappa shape index (κ3) is 5.22. The molecule has 0 radical (unpaired) electrons. The Balaban J connectivity index is 1.43. The molecule has 28 heavy (non-hydrogen) atoms. The van der Waals surface area contributed by atoms with E-state index in [4.69, 9.17) is 10.5 Å². The third-order valence-electron chi connectivity index (χ3n) is 6.03. The number of ether oxygens (including phenoxy) is 1. The van der Waals surface area contributed by atoms with Gasteiger partial charge in [0.2, 0.25) is 5.91 Å². The van der Waals surface area contributed by atoms with Crippen LogP contribution in [0.3, 0.4) is 0 Å². The highest BCUT2D eigenvalue weighted by Gasteiger charge is 2.35. The lowest BCUT2D eigenvalue weighted by Crippen LogP contribution is -2.52. The number of rotatable bonds is 6. The summed E-state index contributed by atoms with van der Waals surface area (Å²) in [6.07, 6.45) is 6.13. The number of amides is 2. The van der Waals surface area contributed by atoms with Gasteiger partial charge >= 0.3 is 0 Å². The summed E-state index contributed by atoms with van der Waals surface area (Å²) in [5.74, 6) is 0.149. The van der Waals surface area contributed by atoms with Gasteiger partial charge in [0.05, 0.1) is 0 Å². The van der Waals surface area contributed by atoms with Crippen molar-refractivity contribution in [2.24, 2.45) is 11.1 Å². The normalized spacial score (nSPS) is 19.4. The first-order chi connectivity index (χ1) is 13.5. The van der Waals surface area contributed by atoms with Crippen molar-refractivity contribution in [2.75, 3.05) is 39.3 Å². The van der Waals surface area contributed by atoms with Crippen LogP contribution in [0.25, 0.3) is 0 Å². The SMILES string of the molecule is NCC1(CC(=O)N2CCN(C(=O)COc3ccc(F)cc3)CC2)CCCCC1. The van der Waals surface area contributed by atoms with Crippen LogP contribution in [0.4, 0.5) is 4.39 Å². The van der Waals surface area contributed by atoms with Gasteiger partial charge in [-0.15, -0.1) is 0 Å². The highest BCUT2D eigenvalue weighted by Crippen LogP contribution is 2.38. The summed E-state index contributed by atoms with van der Waals surface area (Å²) in [4.78, 5) is 28.7. The van der Waals surface area contributed by atoms with Crippen molar-refractivity contribution in [3.63, 3.8) is 0 Å². The van der Waals surface area contributed by atoms with E-state index in [0.29, 0.717) is 44.9 Å². The second-order valence-electron chi connectivity index (χ2n) is 7.95. The molecule has 0 spiro atoms. The lowest BCUT2D eigenvalue weighted by Gasteiger charge is -2.39. The lowest BCUT2D eigenvalue weighted by atomic mass is 9.71. The van der Waals surface area contributed by atoms with Crippen LogP contribution in [0.2, 0.25) is 0 Å². The smallest absolute Gasteiger partial charge is 0.260 e. The van der Waals surface area contributed by atoms with Gasteiger partial charge in [-0.1, -0.05) is 19.3 Å². The minimum atomic E-state index is -0.343. The number of hydrogen-bond donors (Lipinski definition) is 1. The summed E-state index contributed by atoms with van der Waals surface area (Å²) in [6, 6.07) is 5.59. The molecule has 2 aliphatic rings. The van der Waals surface area contributed by atoms with Gasteiger partial charge in [-0.2, -0.15) is 0 Å². The lowest BCUT2D eigenvalue weighted by molar-refractivity contribution is -0.142. The number of piperazine rings is 1. The molecule has 7 heteroatoms. The summed E-state index contributed by atoms with van der Waals surface area (Å²) in [7, 11) is 0. The maximum atomic E-state index is 12.9. The average Bonchev–Trinajstić information content (AvgIpc) is 2.74. The summed E-state index contributed by atoms with van der Waals surface area (Å²) in [6.45, 7) is 2.58. The summed E-state index contributed by atoms with van der Waals surface area (Å²) in [5, 5.41) is 0. The summed E-state index contributed by atoms with van der Waals surface area (Å²) < 4.78 is 18.3. The van der Waals surface area contributed by atoms with Crippen LogP contribution in [-0.4, -0.2) is 60.9 Å². The maximum Gasteiger partial charge on any atom is 0.260 e. The number of nitrogens with zero attached hydrogens (tertiary/aromatic N) is 2. The van der Waals surface area contributed by atoms with E-state index in [0.717, 1.165) is 25.7 Å². The van der Waals surface area contributed by atoms with Crippen LogP contribution in [0.15, 0.2) is 24.3 Å². The quantitative estimate of drug-likeness (QED) is 0.806. The first-order valence-corrected chi connectivity index (χ1v) is 10.2. The van der Waals surface area contributed by atoms with Crippen molar-refractivity contribution in [3.8, 4) is 5.75 Å². The van der Waals surface area contributed by atoms with Crippen LogP contribution in [-0.2, 0) is 9.59 Å². The molecule has 1 saturated carbocycles. The summed E-state index contributed by atoms with van der Waals surface area (Å²) in [5.41, 5.74) is 5.97. The molecule has 1 aromatic rings. The van der Waals surface area contributed by atoms with Crippen molar-refractivity contribution < 1.29 is 18.7 Å². The predicted molar refractivity (Wildman–Crippen MR) is 104 cm³/mol. The Labute approximate surface area is 165 Å². The fourth-order valence-corrected chi connectivity index (χ4v) is 4.16. The molecule has 2 amide bonds. The maximum absolute atomic E-state index is 12.9. The molecular formula is C21H30FN3O3. The third-order valence-corrected chi connectivity index (χ3v) is 6.03. The standard InChI is InChI=1S/C21H30FN3O3/c22-17-4-6-18(7-5-17)28-15-20(27)25-12-10-24(11-13-25)19(26)14-21(16-23)8-2-1-3-9-21/h4-7H,1-3,8-16,23H2. The van der Waals surface area contributed by atoms with E-state index in [1.54, 1.807) is 4.90 Å². The zero-order chi connectivity index (χ0) is 20.0. The molecule has 0 bridgehead atoms. The molecule has 0 unspecified atom stereocenters. The van der Waals surface area contributed by atoms with Crippen molar-refractivity contribution >= 4 is 11.8 Å². The van der Waals surface area contributed by atoms with Crippen LogP contribution in [0.5, 0.6) is 5.75 Å².